The number of carbonyl (C=O) groups is 1. The van der Waals surface area contributed by atoms with E-state index in [0.717, 1.165) is 14.7 Å². The monoisotopic (exact) mass is 802 g/mol. The average molecular weight is 803 g/mol. The van der Waals surface area contributed by atoms with Gasteiger partial charge in [0, 0.05) is 5.02 Å². The first kappa shape index (κ1) is 35.5. The van der Waals surface area contributed by atoms with E-state index in [1.165, 1.54) is 11.3 Å². The minimum absolute atomic E-state index is 0.0745. The Morgan fingerprint density at radius 3 is 2.54 bits per heavy atom. The lowest BCUT2D eigenvalue weighted by Gasteiger charge is -2.25. The fraction of sp³-hybridized carbons (Fsp3) is 0.306. The van der Waals surface area contributed by atoms with Crippen LogP contribution in [0.1, 0.15) is 57.4 Å². The molecule has 3 aromatic carbocycles. The summed E-state index contributed by atoms with van der Waals surface area (Å²) in [7, 11) is 1.55. The van der Waals surface area contributed by atoms with Crippen LogP contribution in [0.25, 0.3) is 6.08 Å². The number of benzene rings is 3. The minimum atomic E-state index is -0.800. The Bertz CT molecular complexity index is 2050. The summed E-state index contributed by atoms with van der Waals surface area (Å²) in [6.07, 6.45) is 1.73. The topological polar surface area (TPSA) is 97.6 Å². The lowest BCUT2D eigenvalue weighted by molar-refractivity contribution is -0.139. The van der Waals surface area contributed by atoms with Gasteiger partial charge in [0.1, 0.15) is 6.61 Å². The van der Waals surface area contributed by atoms with Crippen molar-refractivity contribution >= 4 is 57.6 Å². The van der Waals surface area contributed by atoms with Gasteiger partial charge in [0.05, 0.1) is 51.8 Å². The summed E-state index contributed by atoms with van der Waals surface area (Å²) in [6, 6.07) is 15.9. The van der Waals surface area contributed by atoms with Gasteiger partial charge in [-0.05, 0) is 116 Å². The van der Waals surface area contributed by atoms with Crippen LogP contribution in [0.4, 0.5) is 0 Å². The SMILES string of the molecule is CCOC(=O)C1=C(C)N=c2s/c(=C/c3cc(I)c(OCc4cccc(Cl)c4)c(OCC)c3)c(=O)n2[C@@H]1c1ccc(OC(C)C)c(OC)c1. The predicted octanol–water partition coefficient (Wildman–Crippen LogP) is 6.83. The molecule has 5 rings (SSSR count). The molecular formula is C36H36ClIN2O7S. The van der Waals surface area contributed by atoms with Crippen molar-refractivity contribution in [1.29, 1.82) is 0 Å². The number of nitrogens with zero attached hydrogens (tertiary/aromatic N) is 2. The Kier molecular flexibility index (Phi) is 11.5. The van der Waals surface area contributed by atoms with E-state index in [0.29, 0.717) is 61.8 Å². The van der Waals surface area contributed by atoms with Crippen molar-refractivity contribution in [1.82, 2.24) is 4.57 Å². The molecule has 0 aliphatic carbocycles. The number of fused-ring (bicyclic) bond motifs is 1. The Hall–Kier alpha value is -3.81. The second-order valence-electron chi connectivity index (χ2n) is 11.1. The quantitative estimate of drug-likeness (QED) is 0.115. The average Bonchev–Trinajstić information content (AvgIpc) is 3.33. The van der Waals surface area contributed by atoms with Gasteiger partial charge in [0.2, 0.25) is 0 Å². The van der Waals surface area contributed by atoms with Crippen molar-refractivity contribution in [3.8, 4) is 23.0 Å². The first-order valence-corrected chi connectivity index (χ1v) is 17.7. The van der Waals surface area contributed by atoms with E-state index in [9.17, 15) is 9.59 Å². The number of hydrogen-bond acceptors (Lipinski definition) is 9. The second-order valence-corrected chi connectivity index (χ2v) is 13.7. The highest BCUT2D eigenvalue weighted by Gasteiger charge is 2.34. The Morgan fingerprint density at radius 2 is 1.85 bits per heavy atom. The van der Waals surface area contributed by atoms with Gasteiger partial charge < -0.3 is 23.7 Å². The van der Waals surface area contributed by atoms with Crippen LogP contribution >= 0.6 is 45.5 Å². The number of rotatable bonds is 12. The smallest absolute Gasteiger partial charge is 0.338 e. The van der Waals surface area contributed by atoms with E-state index < -0.39 is 12.0 Å². The minimum Gasteiger partial charge on any atom is -0.493 e. The summed E-state index contributed by atoms with van der Waals surface area (Å²) in [6.45, 7) is 10.2. The number of aromatic nitrogens is 1. The molecule has 0 saturated carbocycles. The van der Waals surface area contributed by atoms with Crippen molar-refractivity contribution in [3.63, 3.8) is 0 Å². The van der Waals surface area contributed by atoms with Gasteiger partial charge in [-0.2, -0.15) is 0 Å². The number of methoxy groups -OCH3 is 1. The number of thiazole rings is 1. The van der Waals surface area contributed by atoms with Gasteiger partial charge in [0.15, 0.2) is 27.8 Å². The van der Waals surface area contributed by atoms with E-state index in [1.807, 2.05) is 63.2 Å². The van der Waals surface area contributed by atoms with Crippen molar-refractivity contribution < 1.29 is 28.5 Å². The van der Waals surface area contributed by atoms with E-state index in [2.05, 4.69) is 22.6 Å². The van der Waals surface area contributed by atoms with Gasteiger partial charge in [-0.15, -0.1) is 0 Å². The van der Waals surface area contributed by atoms with Gasteiger partial charge in [-0.25, -0.2) is 9.79 Å². The zero-order valence-electron chi connectivity index (χ0n) is 27.5. The molecule has 0 fully saturated rings. The fourth-order valence-electron chi connectivity index (χ4n) is 5.32. The third-order valence-electron chi connectivity index (χ3n) is 7.28. The van der Waals surface area contributed by atoms with Crippen molar-refractivity contribution in [2.24, 2.45) is 4.99 Å². The molecule has 12 heteroatoms. The van der Waals surface area contributed by atoms with Crippen molar-refractivity contribution in [3.05, 3.63) is 111 Å². The number of esters is 1. The molecule has 0 N–H and O–H groups in total. The third-order valence-corrected chi connectivity index (χ3v) is 9.30. The van der Waals surface area contributed by atoms with Crippen LogP contribution in [-0.4, -0.2) is 37.0 Å². The van der Waals surface area contributed by atoms with Crippen LogP contribution in [0.3, 0.4) is 0 Å². The highest BCUT2D eigenvalue weighted by molar-refractivity contribution is 14.1. The van der Waals surface area contributed by atoms with Crippen LogP contribution in [0.5, 0.6) is 23.0 Å². The molecule has 0 unspecified atom stereocenters. The van der Waals surface area contributed by atoms with E-state index in [-0.39, 0.29) is 23.8 Å². The molecule has 1 atom stereocenters. The van der Waals surface area contributed by atoms with Gasteiger partial charge in [-0.1, -0.05) is 41.1 Å². The lowest BCUT2D eigenvalue weighted by atomic mass is 9.95. The molecule has 252 valence electrons. The summed E-state index contributed by atoms with van der Waals surface area (Å²) in [5.41, 5.74) is 2.79. The summed E-state index contributed by atoms with van der Waals surface area (Å²) in [5, 5.41) is 0.635. The number of carbonyl (C=O) groups excluding carboxylic acids is 1. The summed E-state index contributed by atoms with van der Waals surface area (Å²) in [4.78, 5) is 32.7. The molecule has 1 aliphatic heterocycles. The van der Waals surface area contributed by atoms with E-state index in [4.69, 9.17) is 40.3 Å². The lowest BCUT2D eigenvalue weighted by Crippen LogP contribution is -2.40. The molecule has 9 nitrogen and oxygen atoms in total. The summed E-state index contributed by atoms with van der Waals surface area (Å²) in [5.74, 6) is 1.66. The number of ether oxygens (including phenoxy) is 5. The molecule has 0 spiro atoms. The van der Waals surface area contributed by atoms with Crippen molar-refractivity contribution in [2.45, 2.75) is 53.4 Å². The molecular weight excluding hydrogens is 767 g/mol. The standard InChI is InChI=1S/C36H36ClIN2O7S/c1-7-44-29-16-23(15-26(38)33(29)46-19-22-10-9-11-25(37)14-22)17-30-34(41)40-32(24-12-13-27(47-20(3)4)28(18-24)43-6)31(35(42)45-8-2)21(5)39-36(40)48-30/h9-18,20,32H,7-8,19H2,1-6H3/b30-17+/t32-/m1/s1. The Labute approximate surface area is 301 Å². The van der Waals surface area contributed by atoms with Crippen LogP contribution in [0.15, 0.2) is 75.7 Å². The summed E-state index contributed by atoms with van der Waals surface area (Å²) >= 11 is 9.61. The van der Waals surface area contributed by atoms with E-state index in [1.54, 1.807) is 43.7 Å². The van der Waals surface area contributed by atoms with Crippen LogP contribution in [0.2, 0.25) is 5.02 Å². The van der Waals surface area contributed by atoms with Crippen molar-refractivity contribution in [2.75, 3.05) is 20.3 Å². The largest absolute Gasteiger partial charge is 0.493 e. The van der Waals surface area contributed by atoms with Crippen LogP contribution in [0, 0.1) is 3.57 Å². The zero-order valence-corrected chi connectivity index (χ0v) is 31.2. The molecule has 2 heterocycles. The third kappa shape index (κ3) is 7.74. The maximum Gasteiger partial charge on any atom is 0.338 e. The molecule has 1 aromatic heterocycles. The maximum absolute atomic E-state index is 14.2. The van der Waals surface area contributed by atoms with Crippen LogP contribution < -0.4 is 33.8 Å². The van der Waals surface area contributed by atoms with Gasteiger partial charge in [0.25, 0.3) is 5.56 Å². The highest BCUT2D eigenvalue weighted by Crippen LogP contribution is 2.37. The Balaban J connectivity index is 1.61. The zero-order chi connectivity index (χ0) is 34.5. The first-order valence-electron chi connectivity index (χ1n) is 15.4. The molecule has 0 amide bonds. The summed E-state index contributed by atoms with van der Waals surface area (Å²) < 4.78 is 32.0. The maximum atomic E-state index is 14.2. The molecule has 0 bridgehead atoms. The van der Waals surface area contributed by atoms with E-state index >= 15 is 0 Å². The highest BCUT2D eigenvalue weighted by atomic mass is 127. The number of halogens is 2. The molecule has 0 radical (unpaired) electrons. The Morgan fingerprint density at radius 1 is 1.06 bits per heavy atom. The molecule has 48 heavy (non-hydrogen) atoms. The second kappa shape index (κ2) is 15.6. The van der Waals surface area contributed by atoms with Crippen LogP contribution in [-0.2, 0) is 16.1 Å². The fourth-order valence-corrected chi connectivity index (χ4v) is 7.36. The number of allylic oxidation sites excluding steroid dienone is 1. The molecule has 4 aromatic rings. The first-order chi connectivity index (χ1) is 23.0. The molecule has 1 aliphatic rings. The van der Waals surface area contributed by atoms with Gasteiger partial charge in [-0.3, -0.25) is 9.36 Å². The normalized spacial score (nSPS) is 14.4. The predicted molar refractivity (Wildman–Crippen MR) is 195 cm³/mol. The van der Waals surface area contributed by atoms with Gasteiger partial charge >= 0.3 is 5.97 Å². The number of hydrogen-bond donors (Lipinski definition) is 0. The molecule has 0 saturated heterocycles.